The van der Waals surface area contributed by atoms with Crippen LogP contribution >= 0.6 is 0 Å². The predicted molar refractivity (Wildman–Crippen MR) is 63.3 cm³/mol. The summed E-state index contributed by atoms with van der Waals surface area (Å²) < 4.78 is 4.81. The number of nitrogens with zero attached hydrogens (tertiary/aromatic N) is 1. The molecule has 3 atom stereocenters. The zero-order valence-corrected chi connectivity index (χ0v) is 10.2. The van der Waals surface area contributed by atoms with Gasteiger partial charge in [0, 0.05) is 0 Å². The zero-order valence-electron chi connectivity index (χ0n) is 10.2. The largest absolute Gasteiger partial charge is 0.644 e. The Morgan fingerprint density at radius 1 is 1.50 bits per heavy atom. The van der Waals surface area contributed by atoms with Crippen LogP contribution in [0.3, 0.4) is 0 Å². The fourth-order valence-corrected chi connectivity index (χ4v) is 3.35. The maximum Gasteiger partial charge on any atom is 0.287 e. The minimum atomic E-state index is -0.286. The maximum absolute atomic E-state index is 11.6. The third-order valence-electron chi connectivity index (χ3n) is 4.47. The molecule has 1 heterocycles. The van der Waals surface area contributed by atoms with E-state index in [0.717, 1.165) is 19.3 Å². The molecular weight excluding hydrogens is 202 g/mol. The lowest BCUT2D eigenvalue weighted by Crippen LogP contribution is -2.41. The number of ether oxygens (including phenoxy) is 1. The summed E-state index contributed by atoms with van der Waals surface area (Å²) in [5.74, 6) is -0.197. The van der Waals surface area contributed by atoms with Crippen molar-refractivity contribution in [3.8, 4) is 0 Å². The quantitative estimate of drug-likeness (QED) is 0.532. The highest BCUT2D eigenvalue weighted by Crippen LogP contribution is 2.58. The summed E-state index contributed by atoms with van der Waals surface area (Å²) in [7, 11) is 1.43. The van der Waals surface area contributed by atoms with Crippen molar-refractivity contribution in [2.24, 2.45) is 5.41 Å². The number of esters is 1. The van der Waals surface area contributed by atoms with Gasteiger partial charge in [-0.15, -0.1) is 12.1 Å². The first kappa shape index (κ1) is 11.6. The molecule has 1 aliphatic carbocycles. The van der Waals surface area contributed by atoms with Crippen LogP contribution in [-0.2, 0) is 9.53 Å². The van der Waals surface area contributed by atoms with Crippen LogP contribution in [0.25, 0.3) is 5.32 Å². The molecular formula is C13H20NO2-. The SMILES string of the molecule is C=CC12CCCCC1(C)[N-][C@H](C(=O)OC)C2. The van der Waals surface area contributed by atoms with E-state index in [4.69, 9.17) is 10.1 Å². The Bertz CT molecular complexity index is 315. The van der Waals surface area contributed by atoms with Crippen molar-refractivity contribution in [1.29, 1.82) is 0 Å². The summed E-state index contributed by atoms with van der Waals surface area (Å²) in [4.78, 5) is 11.6. The molecule has 0 radical (unpaired) electrons. The minimum Gasteiger partial charge on any atom is -0.644 e. The molecule has 3 nitrogen and oxygen atoms in total. The average molecular weight is 222 g/mol. The van der Waals surface area contributed by atoms with E-state index in [1.807, 2.05) is 6.08 Å². The minimum absolute atomic E-state index is 0.0180. The Morgan fingerprint density at radius 3 is 2.75 bits per heavy atom. The van der Waals surface area contributed by atoms with E-state index in [1.165, 1.54) is 20.0 Å². The molecule has 1 aliphatic heterocycles. The van der Waals surface area contributed by atoms with Gasteiger partial charge in [-0.3, -0.25) is 4.79 Å². The van der Waals surface area contributed by atoms with Gasteiger partial charge in [-0.25, -0.2) is 0 Å². The number of hydrogen-bond donors (Lipinski definition) is 0. The lowest BCUT2D eigenvalue weighted by atomic mass is 9.62. The summed E-state index contributed by atoms with van der Waals surface area (Å²) >= 11 is 0. The van der Waals surface area contributed by atoms with Crippen molar-refractivity contribution in [3.63, 3.8) is 0 Å². The fraction of sp³-hybridized carbons (Fsp3) is 0.769. The van der Waals surface area contributed by atoms with E-state index in [2.05, 4.69) is 13.5 Å². The number of carbonyl (C=O) groups excluding carboxylic acids is 1. The molecule has 0 aromatic carbocycles. The van der Waals surface area contributed by atoms with Crippen molar-refractivity contribution in [2.45, 2.75) is 50.6 Å². The number of methoxy groups -OCH3 is 1. The number of hydrogen-bond acceptors (Lipinski definition) is 2. The number of rotatable bonds is 2. The highest BCUT2D eigenvalue weighted by Gasteiger charge is 2.47. The second kappa shape index (κ2) is 3.88. The van der Waals surface area contributed by atoms with E-state index < -0.39 is 0 Å². The second-order valence-electron chi connectivity index (χ2n) is 5.21. The lowest BCUT2D eigenvalue weighted by molar-refractivity contribution is -0.141. The van der Waals surface area contributed by atoms with E-state index in [0.29, 0.717) is 0 Å². The molecule has 0 aromatic heterocycles. The molecule has 2 unspecified atom stereocenters. The molecule has 0 spiro atoms. The smallest absolute Gasteiger partial charge is 0.287 e. The van der Waals surface area contributed by atoms with Gasteiger partial charge in [0.15, 0.2) is 0 Å². The number of fused-ring (bicyclic) bond motifs is 1. The van der Waals surface area contributed by atoms with Crippen LogP contribution < -0.4 is 0 Å². The molecule has 0 bridgehead atoms. The molecule has 1 saturated carbocycles. The van der Waals surface area contributed by atoms with Gasteiger partial charge in [0.2, 0.25) is 0 Å². The second-order valence-corrected chi connectivity index (χ2v) is 5.21. The average Bonchev–Trinajstić information content (AvgIpc) is 2.61. The van der Waals surface area contributed by atoms with Crippen LogP contribution in [-0.4, -0.2) is 24.7 Å². The summed E-state index contributed by atoms with van der Waals surface area (Å²) in [6, 6.07) is -0.286. The van der Waals surface area contributed by atoms with Crippen LogP contribution in [0.15, 0.2) is 12.7 Å². The van der Waals surface area contributed by atoms with Crippen molar-refractivity contribution < 1.29 is 9.53 Å². The normalized spacial score (nSPS) is 42.5. The highest BCUT2D eigenvalue weighted by atomic mass is 16.5. The van der Waals surface area contributed by atoms with Gasteiger partial charge >= 0.3 is 0 Å². The van der Waals surface area contributed by atoms with Crippen LogP contribution in [0, 0.1) is 5.41 Å². The number of carbonyl (C=O) groups is 1. The summed E-state index contributed by atoms with van der Waals surface area (Å²) in [6.45, 7) is 6.13. The molecule has 0 N–H and O–H groups in total. The summed E-state index contributed by atoms with van der Waals surface area (Å²) in [5.41, 5.74) is -0.0873. The van der Waals surface area contributed by atoms with Crippen LogP contribution in [0.2, 0.25) is 0 Å². The molecule has 2 rings (SSSR count). The zero-order chi connectivity index (χ0) is 11.8. The van der Waals surface area contributed by atoms with Crippen molar-refractivity contribution >= 4 is 5.97 Å². The first-order chi connectivity index (χ1) is 7.57. The van der Waals surface area contributed by atoms with Gasteiger partial charge in [-0.1, -0.05) is 38.7 Å². The first-order valence-corrected chi connectivity index (χ1v) is 6.00. The fourth-order valence-electron chi connectivity index (χ4n) is 3.35. The topological polar surface area (TPSA) is 40.4 Å². The summed E-state index contributed by atoms with van der Waals surface area (Å²) in [6.07, 6.45) is 7.38. The standard InChI is InChI=1S/C13H20NO2/c1-4-13-8-6-5-7-12(13,2)14-10(9-13)11(15)16-3/h4,10H,1,5-9H2,2-3H3/q-1/t10-,12?,13?/m0/s1. The van der Waals surface area contributed by atoms with Crippen LogP contribution in [0.5, 0.6) is 0 Å². The Hall–Kier alpha value is -0.830. The molecule has 16 heavy (non-hydrogen) atoms. The monoisotopic (exact) mass is 222 g/mol. The van der Waals surface area contributed by atoms with Crippen molar-refractivity contribution in [3.05, 3.63) is 18.0 Å². The molecule has 0 amide bonds. The maximum atomic E-state index is 11.6. The van der Waals surface area contributed by atoms with Crippen LogP contribution in [0.1, 0.15) is 39.0 Å². The van der Waals surface area contributed by atoms with Gasteiger partial charge in [0.05, 0.1) is 7.11 Å². The molecule has 90 valence electrons. The Kier molecular flexibility index (Phi) is 2.82. The van der Waals surface area contributed by atoms with E-state index in [1.54, 1.807) is 0 Å². The van der Waals surface area contributed by atoms with Gasteiger partial charge in [-0.05, 0) is 17.9 Å². The van der Waals surface area contributed by atoms with E-state index in [9.17, 15) is 4.79 Å². The third kappa shape index (κ3) is 1.49. The van der Waals surface area contributed by atoms with E-state index in [-0.39, 0.29) is 23.0 Å². The van der Waals surface area contributed by atoms with Crippen LogP contribution in [0.4, 0.5) is 0 Å². The predicted octanol–water partition coefficient (Wildman–Crippen LogP) is 2.81. The molecule has 2 aliphatic rings. The Morgan fingerprint density at radius 2 is 2.19 bits per heavy atom. The Balaban J connectivity index is 2.26. The molecule has 2 fully saturated rings. The third-order valence-corrected chi connectivity index (χ3v) is 4.47. The Labute approximate surface area is 97.2 Å². The molecule has 3 heteroatoms. The van der Waals surface area contributed by atoms with Crippen molar-refractivity contribution in [2.75, 3.05) is 7.11 Å². The van der Waals surface area contributed by atoms with Gasteiger partial charge < -0.3 is 10.1 Å². The highest BCUT2D eigenvalue weighted by molar-refractivity contribution is 5.80. The van der Waals surface area contributed by atoms with E-state index >= 15 is 0 Å². The molecule has 1 saturated heterocycles. The molecule has 0 aromatic rings. The lowest BCUT2D eigenvalue weighted by Gasteiger charge is -2.54. The first-order valence-electron chi connectivity index (χ1n) is 6.00. The van der Waals surface area contributed by atoms with Gasteiger partial charge in [0.1, 0.15) is 0 Å². The van der Waals surface area contributed by atoms with Crippen molar-refractivity contribution in [1.82, 2.24) is 0 Å². The van der Waals surface area contributed by atoms with Gasteiger partial charge in [-0.2, -0.15) is 0 Å². The summed E-state index contributed by atoms with van der Waals surface area (Å²) in [5, 5.41) is 4.71. The van der Waals surface area contributed by atoms with Gasteiger partial charge in [0.25, 0.3) is 5.97 Å².